The summed E-state index contributed by atoms with van der Waals surface area (Å²) in [4.78, 5) is 16.8. The fourth-order valence-corrected chi connectivity index (χ4v) is 3.91. The van der Waals surface area contributed by atoms with E-state index >= 15 is 0 Å². The summed E-state index contributed by atoms with van der Waals surface area (Å²) >= 11 is 1.30. The number of thioether (sulfide) groups is 1. The zero-order valence-corrected chi connectivity index (χ0v) is 18.2. The third kappa shape index (κ3) is 4.53. The van der Waals surface area contributed by atoms with Gasteiger partial charge in [-0.1, -0.05) is 36.9 Å². The van der Waals surface area contributed by atoms with Gasteiger partial charge in [0.25, 0.3) is 0 Å². The van der Waals surface area contributed by atoms with Gasteiger partial charge in [0.2, 0.25) is 5.91 Å². The molecule has 10 heteroatoms. The Bertz CT molecular complexity index is 1240. The van der Waals surface area contributed by atoms with Gasteiger partial charge in [-0.3, -0.25) is 9.78 Å². The molecule has 3 aromatic heterocycles. The summed E-state index contributed by atoms with van der Waals surface area (Å²) < 4.78 is 3.55. The molecule has 0 saturated carbocycles. The molecule has 0 radical (unpaired) electrons. The Hall–Kier alpha value is -3.97. The number of hydrogen-bond acceptors (Lipinski definition) is 7. The lowest BCUT2D eigenvalue weighted by Crippen LogP contribution is -2.18. The molecule has 0 unspecified atom stereocenters. The molecule has 160 valence electrons. The largest absolute Gasteiger partial charge is 0.309 e. The van der Waals surface area contributed by atoms with Crippen molar-refractivity contribution in [3.8, 4) is 23.1 Å². The summed E-state index contributed by atoms with van der Waals surface area (Å²) in [6, 6.07) is 15.2. The number of nitrogens with one attached hydrogen (secondary N) is 1. The molecule has 1 amide bonds. The van der Waals surface area contributed by atoms with E-state index in [1.807, 2.05) is 47.0 Å². The maximum atomic E-state index is 12.7. The first-order valence-electron chi connectivity index (χ1n) is 10.0. The quantitative estimate of drug-likeness (QED) is 0.413. The predicted octanol–water partition coefficient (Wildman–Crippen LogP) is 3.54. The highest BCUT2D eigenvalue weighted by Gasteiger charge is 2.18. The summed E-state index contributed by atoms with van der Waals surface area (Å²) in [6.07, 6.45) is 5.76. The fraction of sp³-hybridized carbons (Fsp3) is 0.182. The normalized spacial score (nSPS) is 10.6. The molecule has 0 saturated heterocycles. The van der Waals surface area contributed by atoms with Crippen LogP contribution in [0, 0.1) is 11.3 Å². The Balaban J connectivity index is 1.51. The smallest absolute Gasteiger partial charge is 0.236 e. The van der Waals surface area contributed by atoms with E-state index < -0.39 is 0 Å². The summed E-state index contributed by atoms with van der Waals surface area (Å²) in [5.74, 6) is 0.937. The molecular weight excluding hydrogens is 424 g/mol. The van der Waals surface area contributed by atoms with E-state index in [1.54, 1.807) is 17.1 Å². The number of pyridine rings is 1. The predicted molar refractivity (Wildman–Crippen MR) is 121 cm³/mol. The van der Waals surface area contributed by atoms with Gasteiger partial charge in [0.05, 0.1) is 17.6 Å². The van der Waals surface area contributed by atoms with Crippen molar-refractivity contribution < 1.29 is 4.79 Å². The summed E-state index contributed by atoms with van der Waals surface area (Å²) in [5.41, 5.74) is 1.96. The molecule has 4 rings (SSSR count). The minimum atomic E-state index is -0.263. The number of aromatic nitrogens is 6. The molecule has 0 atom stereocenters. The summed E-state index contributed by atoms with van der Waals surface area (Å²) in [5, 5.41) is 25.7. The number of hydrogen-bond donors (Lipinski definition) is 1. The van der Waals surface area contributed by atoms with E-state index in [9.17, 15) is 10.1 Å². The average Bonchev–Trinajstić information content (AvgIpc) is 3.43. The van der Waals surface area contributed by atoms with Gasteiger partial charge in [-0.15, -0.1) is 10.2 Å². The molecule has 3 heterocycles. The van der Waals surface area contributed by atoms with Crippen molar-refractivity contribution in [1.82, 2.24) is 29.5 Å². The Kier molecular flexibility index (Phi) is 6.57. The van der Waals surface area contributed by atoms with Gasteiger partial charge in [-0.05, 0) is 30.7 Å². The van der Waals surface area contributed by atoms with Crippen molar-refractivity contribution in [1.29, 1.82) is 5.26 Å². The van der Waals surface area contributed by atoms with Crippen molar-refractivity contribution in [2.75, 3.05) is 11.1 Å². The van der Waals surface area contributed by atoms with Gasteiger partial charge in [0, 0.05) is 24.5 Å². The molecule has 32 heavy (non-hydrogen) atoms. The molecule has 1 N–H and O–H groups in total. The fourth-order valence-electron chi connectivity index (χ4n) is 3.15. The number of anilines is 1. The third-order valence-electron chi connectivity index (χ3n) is 4.58. The van der Waals surface area contributed by atoms with E-state index in [2.05, 4.69) is 38.6 Å². The van der Waals surface area contributed by atoms with Crippen LogP contribution in [0.1, 0.15) is 18.9 Å². The van der Waals surface area contributed by atoms with Gasteiger partial charge in [0.1, 0.15) is 11.6 Å². The van der Waals surface area contributed by atoms with Gasteiger partial charge in [0.15, 0.2) is 16.8 Å². The first-order chi connectivity index (χ1) is 15.7. The Morgan fingerprint density at radius 3 is 2.66 bits per heavy atom. The lowest BCUT2D eigenvalue weighted by atomic mass is 10.2. The van der Waals surface area contributed by atoms with Crippen LogP contribution < -0.4 is 5.32 Å². The second kappa shape index (κ2) is 9.89. The summed E-state index contributed by atoms with van der Waals surface area (Å²) in [6.45, 7) is 2.81. The van der Waals surface area contributed by atoms with Gasteiger partial charge >= 0.3 is 0 Å². The maximum absolute atomic E-state index is 12.7. The molecule has 0 aliphatic carbocycles. The molecule has 0 fully saturated rings. The maximum Gasteiger partial charge on any atom is 0.236 e. The molecule has 0 bridgehead atoms. The molecule has 4 aromatic rings. The third-order valence-corrected chi connectivity index (χ3v) is 5.55. The minimum Gasteiger partial charge on any atom is -0.309 e. The minimum absolute atomic E-state index is 0.114. The number of carbonyl (C=O) groups excluding carboxylic acids is 1. The van der Waals surface area contributed by atoms with Crippen molar-refractivity contribution >= 4 is 23.5 Å². The van der Waals surface area contributed by atoms with Crippen LogP contribution in [-0.4, -0.2) is 41.2 Å². The van der Waals surface area contributed by atoms with Crippen LogP contribution in [0.4, 0.5) is 5.82 Å². The van der Waals surface area contributed by atoms with E-state index in [0.29, 0.717) is 16.5 Å². The second-order valence-electron chi connectivity index (χ2n) is 6.80. The van der Waals surface area contributed by atoms with E-state index in [4.69, 9.17) is 0 Å². The SMILES string of the molecule is CCCn1c(SCC(=O)Nc2c(C#N)cnn2-c2ccccc2)nnc1-c1ccncc1. The lowest BCUT2D eigenvalue weighted by Gasteiger charge is -2.10. The average molecular weight is 445 g/mol. The first-order valence-corrected chi connectivity index (χ1v) is 11.0. The van der Waals surface area contributed by atoms with Crippen LogP contribution in [0.15, 0.2) is 66.2 Å². The highest BCUT2D eigenvalue weighted by atomic mass is 32.2. The summed E-state index contributed by atoms with van der Waals surface area (Å²) in [7, 11) is 0. The topological polar surface area (TPSA) is 114 Å². The Morgan fingerprint density at radius 1 is 1.16 bits per heavy atom. The van der Waals surface area contributed by atoms with Crippen LogP contribution in [0.25, 0.3) is 17.1 Å². The number of nitriles is 1. The van der Waals surface area contributed by atoms with Gasteiger partial charge in [-0.25, -0.2) is 4.68 Å². The zero-order chi connectivity index (χ0) is 22.3. The van der Waals surface area contributed by atoms with E-state index in [0.717, 1.165) is 30.0 Å². The number of rotatable bonds is 8. The first kappa shape index (κ1) is 21.3. The molecule has 0 aliphatic rings. The molecule has 0 spiro atoms. The van der Waals surface area contributed by atoms with E-state index in [1.165, 1.54) is 18.0 Å². The highest BCUT2D eigenvalue weighted by molar-refractivity contribution is 7.99. The molecule has 9 nitrogen and oxygen atoms in total. The Morgan fingerprint density at radius 2 is 1.94 bits per heavy atom. The number of para-hydroxylation sites is 1. The number of nitrogens with zero attached hydrogens (tertiary/aromatic N) is 7. The van der Waals surface area contributed by atoms with Crippen molar-refractivity contribution in [3.05, 3.63) is 66.6 Å². The zero-order valence-electron chi connectivity index (χ0n) is 17.3. The monoisotopic (exact) mass is 444 g/mol. The molecule has 1 aromatic carbocycles. The van der Waals surface area contributed by atoms with Crippen LogP contribution in [0.5, 0.6) is 0 Å². The molecule has 0 aliphatic heterocycles. The lowest BCUT2D eigenvalue weighted by molar-refractivity contribution is -0.113. The van der Waals surface area contributed by atoms with Gasteiger partial charge < -0.3 is 9.88 Å². The van der Waals surface area contributed by atoms with Gasteiger partial charge in [-0.2, -0.15) is 10.4 Å². The van der Waals surface area contributed by atoms with Crippen molar-refractivity contribution in [2.45, 2.75) is 25.0 Å². The number of benzene rings is 1. The van der Waals surface area contributed by atoms with Crippen molar-refractivity contribution in [3.63, 3.8) is 0 Å². The molecular formula is C22H20N8OS. The Labute approximate surface area is 189 Å². The van der Waals surface area contributed by atoms with Crippen LogP contribution >= 0.6 is 11.8 Å². The number of carbonyl (C=O) groups is 1. The van der Waals surface area contributed by atoms with Crippen LogP contribution in [-0.2, 0) is 11.3 Å². The second-order valence-corrected chi connectivity index (χ2v) is 7.74. The van der Waals surface area contributed by atoms with Crippen LogP contribution in [0.2, 0.25) is 0 Å². The van der Waals surface area contributed by atoms with E-state index in [-0.39, 0.29) is 11.7 Å². The number of amides is 1. The van der Waals surface area contributed by atoms with Crippen molar-refractivity contribution in [2.24, 2.45) is 0 Å². The van der Waals surface area contributed by atoms with Crippen LogP contribution in [0.3, 0.4) is 0 Å². The standard InChI is InChI=1S/C22H20N8OS/c1-2-12-29-21(16-8-10-24-11-9-16)27-28-22(29)32-15-19(31)26-20-17(13-23)14-25-30(20)18-6-4-3-5-7-18/h3-11,14H,2,12,15H2,1H3,(H,26,31). The highest BCUT2D eigenvalue weighted by Crippen LogP contribution is 2.25.